The van der Waals surface area contributed by atoms with Gasteiger partial charge in [0.25, 0.3) is 10.0 Å². The van der Waals surface area contributed by atoms with Gasteiger partial charge in [0.1, 0.15) is 23.9 Å². The van der Waals surface area contributed by atoms with Crippen LogP contribution in [0.2, 0.25) is 10.0 Å². The van der Waals surface area contributed by atoms with Gasteiger partial charge in [-0.1, -0.05) is 23.2 Å². The minimum absolute atomic E-state index is 0.0604. The lowest BCUT2D eigenvalue weighted by Crippen LogP contribution is -2.17. The second kappa shape index (κ2) is 6.07. The molecule has 0 unspecified atom stereocenters. The van der Waals surface area contributed by atoms with Gasteiger partial charge in [0.15, 0.2) is 11.5 Å². The van der Waals surface area contributed by atoms with Gasteiger partial charge >= 0.3 is 0 Å². The largest absolute Gasteiger partial charge is 0.486 e. The van der Waals surface area contributed by atoms with Crippen molar-refractivity contribution >= 4 is 38.9 Å². The van der Waals surface area contributed by atoms with Gasteiger partial charge in [0.05, 0.1) is 10.7 Å². The van der Waals surface area contributed by atoms with Crippen LogP contribution in [0.5, 0.6) is 11.5 Å². The van der Waals surface area contributed by atoms with Gasteiger partial charge in [-0.25, -0.2) is 12.8 Å². The summed E-state index contributed by atoms with van der Waals surface area (Å²) in [5.41, 5.74) is 0.0604. The molecule has 5 nitrogen and oxygen atoms in total. The lowest BCUT2D eigenvalue weighted by molar-refractivity contribution is 0.171. The van der Waals surface area contributed by atoms with Crippen LogP contribution in [0.3, 0.4) is 0 Å². The first-order valence-corrected chi connectivity index (χ1v) is 8.68. The Morgan fingerprint density at radius 2 is 1.70 bits per heavy atom. The smallest absolute Gasteiger partial charge is 0.264 e. The van der Waals surface area contributed by atoms with E-state index in [4.69, 9.17) is 32.7 Å². The van der Waals surface area contributed by atoms with E-state index < -0.39 is 20.7 Å². The molecule has 2 aromatic rings. The lowest BCUT2D eigenvalue weighted by atomic mass is 10.2. The van der Waals surface area contributed by atoms with Gasteiger partial charge in [-0.05, 0) is 18.2 Å². The van der Waals surface area contributed by atoms with Crippen molar-refractivity contribution in [3.05, 3.63) is 46.2 Å². The van der Waals surface area contributed by atoms with Crippen LogP contribution in [-0.4, -0.2) is 21.6 Å². The fraction of sp³-hybridized carbons (Fsp3) is 0.143. The molecule has 1 heterocycles. The number of benzene rings is 2. The Morgan fingerprint density at radius 1 is 1.04 bits per heavy atom. The van der Waals surface area contributed by atoms with E-state index in [0.29, 0.717) is 24.7 Å². The molecule has 3 rings (SSSR count). The van der Waals surface area contributed by atoms with Crippen LogP contribution < -0.4 is 14.2 Å². The summed E-state index contributed by atoms with van der Waals surface area (Å²) in [6.45, 7) is 0.719. The van der Waals surface area contributed by atoms with Crippen molar-refractivity contribution in [2.75, 3.05) is 17.9 Å². The van der Waals surface area contributed by atoms with E-state index in [9.17, 15) is 12.8 Å². The van der Waals surface area contributed by atoms with Crippen LogP contribution in [-0.2, 0) is 10.0 Å². The first-order valence-electron chi connectivity index (χ1n) is 6.44. The van der Waals surface area contributed by atoms with Gasteiger partial charge in [-0.15, -0.1) is 0 Å². The number of ether oxygens (including phenoxy) is 2. The zero-order valence-electron chi connectivity index (χ0n) is 11.5. The molecular weight excluding hydrogens is 368 g/mol. The van der Waals surface area contributed by atoms with Crippen LogP contribution in [0, 0.1) is 5.82 Å². The van der Waals surface area contributed by atoms with E-state index >= 15 is 0 Å². The van der Waals surface area contributed by atoms with Crippen molar-refractivity contribution < 1.29 is 22.3 Å². The molecule has 9 heteroatoms. The molecule has 0 radical (unpaired) electrons. The van der Waals surface area contributed by atoms with E-state index in [2.05, 4.69) is 4.72 Å². The van der Waals surface area contributed by atoms with Crippen molar-refractivity contribution in [2.24, 2.45) is 0 Å². The molecule has 0 saturated carbocycles. The number of anilines is 1. The molecule has 0 fully saturated rings. The summed E-state index contributed by atoms with van der Waals surface area (Å²) in [4.78, 5) is -0.534. The summed E-state index contributed by atoms with van der Waals surface area (Å²) in [5, 5.41) is 0.200. The van der Waals surface area contributed by atoms with Crippen molar-refractivity contribution in [3.63, 3.8) is 0 Å². The first kappa shape index (κ1) is 16.2. The number of hydrogen-bond donors (Lipinski definition) is 1. The Labute approximate surface area is 142 Å². The molecule has 0 bridgehead atoms. The average molecular weight is 378 g/mol. The van der Waals surface area contributed by atoms with Crippen molar-refractivity contribution in [1.29, 1.82) is 0 Å². The number of nitrogens with one attached hydrogen (secondary N) is 1. The summed E-state index contributed by atoms with van der Waals surface area (Å²) in [7, 11) is -4.17. The second-order valence-corrected chi connectivity index (χ2v) is 7.15. The fourth-order valence-corrected chi connectivity index (χ4v) is 3.58. The maximum atomic E-state index is 13.8. The third-order valence-electron chi connectivity index (χ3n) is 3.06. The topological polar surface area (TPSA) is 64.6 Å². The molecule has 122 valence electrons. The minimum Gasteiger partial charge on any atom is -0.486 e. The average Bonchev–Trinajstić information content (AvgIpc) is 2.47. The highest BCUT2D eigenvalue weighted by Crippen LogP contribution is 2.38. The molecule has 2 aromatic carbocycles. The highest BCUT2D eigenvalue weighted by atomic mass is 35.5. The zero-order valence-corrected chi connectivity index (χ0v) is 13.8. The lowest BCUT2D eigenvalue weighted by Gasteiger charge is -2.20. The number of fused-ring (bicyclic) bond motifs is 1. The Kier molecular flexibility index (Phi) is 4.27. The summed E-state index contributed by atoms with van der Waals surface area (Å²) < 4.78 is 51.4. The molecule has 0 amide bonds. The Morgan fingerprint density at radius 3 is 2.35 bits per heavy atom. The van der Waals surface area contributed by atoms with Crippen LogP contribution in [0.15, 0.2) is 35.2 Å². The summed E-state index contributed by atoms with van der Waals surface area (Å²) in [6.07, 6.45) is 0. The van der Waals surface area contributed by atoms with Crippen molar-refractivity contribution in [1.82, 2.24) is 0 Å². The normalized spacial score (nSPS) is 13.7. The van der Waals surface area contributed by atoms with Gasteiger partial charge in [-0.3, -0.25) is 4.72 Å². The maximum Gasteiger partial charge on any atom is 0.264 e. The van der Waals surface area contributed by atoms with E-state index in [1.165, 1.54) is 18.2 Å². The monoisotopic (exact) mass is 377 g/mol. The number of sulfonamides is 1. The summed E-state index contributed by atoms with van der Waals surface area (Å²) in [6, 6.07) is 6.10. The predicted octanol–water partition coefficient (Wildman–Crippen LogP) is 3.70. The van der Waals surface area contributed by atoms with E-state index in [0.717, 1.165) is 12.1 Å². The van der Waals surface area contributed by atoms with Crippen LogP contribution in [0.25, 0.3) is 0 Å². The fourth-order valence-electron chi connectivity index (χ4n) is 2.04. The predicted molar refractivity (Wildman–Crippen MR) is 84.7 cm³/mol. The standard InChI is InChI=1S/C14H10Cl2FNO4S/c15-8-1-2-14(10(17)5-8)23(19,20)18-11-7-13-12(6-9(11)16)21-3-4-22-13/h1-2,5-7,18H,3-4H2. The van der Waals surface area contributed by atoms with E-state index in [1.54, 1.807) is 0 Å². The molecule has 1 aliphatic heterocycles. The summed E-state index contributed by atoms with van der Waals surface area (Å²) >= 11 is 11.7. The maximum absolute atomic E-state index is 13.8. The van der Waals surface area contributed by atoms with Crippen molar-refractivity contribution in [2.45, 2.75) is 4.90 Å². The SMILES string of the molecule is O=S(=O)(Nc1cc2c(cc1Cl)OCCO2)c1ccc(Cl)cc1F. The highest BCUT2D eigenvalue weighted by molar-refractivity contribution is 7.92. The number of halogens is 3. The van der Waals surface area contributed by atoms with Crippen LogP contribution >= 0.6 is 23.2 Å². The third kappa shape index (κ3) is 3.31. The van der Waals surface area contributed by atoms with Crippen LogP contribution in [0.4, 0.5) is 10.1 Å². The molecule has 1 N–H and O–H groups in total. The first-order chi connectivity index (χ1) is 10.9. The molecule has 0 aliphatic carbocycles. The van der Waals surface area contributed by atoms with Gasteiger partial charge in [0.2, 0.25) is 0 Å². The van der Waals surface area contributed by atoms with Gasteiger partial charge < -0.3 is 9.47 Å². The third-order valence-corrected chi connectivity index (χ3v) is 5.01. The Balaban J connectivity index is 1.97. The van der Waals surface area contributed by atoms with E-state index in [1.807, 2.05) is 0 Å². The quantitative estimate of drug-likeness (QED) is 0.885. The Bertz CT molecular complexity index is 873. The summed E-state index contributed by atoms with van der Waals surface area (Å²) in [5.74, 6) is -0.185. The zero-order chi connectivity index (χ0) is 16.6. The van der Waals surface area contributed by atoms with Crippen LogP contribution in [0.1, 0.15) is 0 Å². The van der Waals surface area contributed by atoms with E-state index in [-0.39, 0.29) is 15.7 Å². The number of rotatable bonds is 3. The number of hydrogen-bond acceptors (Lipinski definition) is 4. The van der Waals surface area contributed by atoms with Gasteiger partial charge in [0, 0.05) is 17.2 Å². The molecule has 0 aromatic heterocycles. The second-order valence-electron chi connectivity index (χ2n) is 4.66. The Hall–Kier alpha value is -1.70. The molecular formula is C14H10Cl2FNO4S. The van der Waals surface area contributed by atoms with Gasteiger partial charge in [-0.2, -0.15) is 0 Å². The molecule has 0 atom stereocenters. The molecule has 0 saturated heterocycles. The molecule has 23 heavy (non-hydrogen) atoms. The highest BCUT2D eigenvalue weighted by Gasteiger charge is 2.22. The molecule has 1 aliphatic rings. The van der Waals surface area contributed by atoms with Crippen molar-refractivity contribution in [3.8, 4) is 11.5 Å². The minimum atomic E-state index is -4.17. The molecule has 0 spiro atoms.